The van der Waals surface area contributed by atoms with Gasteiger partial charge in [0.15, 0.2) is 0 Å². The van der Waals surface area contributed by atoms with Crippen LogP contribution < -0.4 is 0 Å². The second kappa shape index (κ2) is 9.58. The first-order chi connectivity index (χ1) is 16.1. The lowest BCUT2D eigenvalue weighted by Crippen LogP contribution is -2.60. The molecule has 5 nitrogen and oxygen atoms in total. The summed E-state index contributed by atoms with van der Waals surface area (Å²) < 4.78 is 10.5. The predicted molar refractivity (Wildman–Crippen MR) is 131 cm³/mol. The number of carbonyl (C=O) groups excluding carboxylic acids is 3. The third-order valence-electron chi connectivity index (χ3n) is 11.2. The zero-order chi connectivity index (χ0) is 24.8. The Hall–Kier alpha value is -1.39. The molecule has 4 rings (SSSR count). The van der Waals surface area contributed by atoms with Crippen molar-refractivity contribution in [1.29, 1.82) is 0 Å². The highest BCUT2D eigenvalue weighted by atomic mass is 16.5. The standard InChI is InChI=1S/C29H46O5/c1-7-20-24-16-19(34-18(3)30)12-14-29(24,5)23-13-15-28(4)21(17(2)8-11-25(31)33-6)9-10-22(28)26(23)27(20)32/h17,19-24,26H,7-16H2,1-6H3/t17-,19-,20-,21-,22+,23+,24+,26+,28-,29-/m1/s1. The average Bonchev–Trinajstić information content (AvgIpc) is 3.15. The number of Topliss-reactive ketones (excluding diaryl/α,β-unsaturated/α-hetero) is 1. The highest BCUT2D eigenvalue weighted by molar-refractivity contribution is 5.86. The Bertz CT molecular complexity index is 806. The fourth-order valence-electron chi connectivity index (χ4n) is 9.59. The summed E-state index contributed by atoms with van der Waals surface area (Å²) in [4.78, 5) is 37.5. The molecule has 5 heteroatoms. The lowest BCUT2D eigenvalue weighted by molar-refractivity contribution is -0.178. The Kier molecular flexibility index (Phi) is 7.24. The van der Waals surface area contributed by atoms with E-state index in [1.807, 2.05) is 0 Å². The summed E-state index contributed by atoms with van der Waals surface area (Å²) >= 11 is 0. The number of carbonyl (C=O) groups is 3. The van der Waals surface area contributed by atoms with Gasteiger partial charge >= 0.3 is 11.9 Å². The molecule has 4 saturated carbocycles. The maximum atomic E-state index is 14.2. The van der Waals surface area contributed by atoms with Crippen LogP contribution in [0.15, 0.2) is 0 Å². The first-order valence-electron chi connectivity index (χ1n) is 13.8. The van der Waals surface area contributed by atoms with Crippen LogP contribution in [-0.4, -0.2) is 30.9 Å². The third-order valence-corrected chi connectivity index (χ3v) is 11.2. The molecule has 0 N–H and O–H groups in total. The molecule has 0 saturated heterocycles. The molecular formula is C29H46O5. The summed E-state index contributed by atoms with van der Waals surface area (Å²) in [7, 11) is 1.47. The molecule has 34 heavy (non-hydrogen) atoms. The van der Waals surface area contributed by atoms with E-state index in [9.17, 15) is 14.4 Å². The molecule has 0 amide bonds. The van der Waals surface area contributed by atoms with Gasteiger partial charge in [-0.05, 0) is 98.2 Å². The monoisotopic (exact) mass is 474 g/mol. The van der Waals surface area contributed by atoms with E-state index in [0.717, 1.165) is 44.9 Å². The topological polar surface area (TPSA) is 69.7 Å². The van der Waals surface area contributed by atoms with E-state index >= 15 is 0 Å². The summed E-state index contributed by atoms with van der Waals surface area (Å²) in [6.45, 7) is 10.9. The number of rotatable bonds is 6. The third kappa shape index (κ3) is 4.13. The minimum atomic E-state index is -0.201. The number of hydrogen-bond donors (Lipinski definition) is 0. The number of ether oxygens (including phenoxy) is 2. The predicted octanol–water partition coefficient (Wildman–Crippen LogP) is 5.98. The zero-order valence-corrected chi connectivity index (χ0v) is 22.2. The van der Waals surface area contributed by atoms with Crippen LogP contribution in [0.2, 0.25) is 0 Å². The SMILES string of the molecule is CC[C@H]1C(=O)[C@@H]2[C@H](CC[C@]3(C)[C@@H]([C@H](C)CCC(=O)OC)CC[C@@H]23)[C@@]2(C)CC[C@@H](OC(C)=O)C[C@@H]12. The van der Waals surface area contributed by atoms with Crippen LogP contribution in [0, 0.1) is 52.3 Å². The minimum Gasteiger partial charge on any atom is -0.469 e. The zero-order valence-electron chi connectivity index (χ0n) is 22.2. The lowest BCUT2D eigenvalue weighted by Gasteiger charge is -2.62. The van der Waals surface area contributed by atoms with E-state index in [1.54, 1.807) is 0 Å². The van der Waals surface area contributed by atoms with Crippen molar-refractivity contribution in [1.82, 2.24) is 0 Å². The van der Waals surface area contributed by atoms with Crippen molar-refractivity contribution in [3.8, 4) is 0 Å². The van der Waals surface area contributed by atoms with E-state index < -0.39 is 0 Å². The number of methoxy groups -OCH3 is 1. The smallest absolute Gasteiger partial charge is 0.305 e. The van der Waals surface area contributed by atoms with Crippen molar-refractivity contribution in [3.05, 3.63) is 0 Å². The maximum absolute atomic E-state index is 14.2. The second-order valence-corrected chi connectivity index (χ2v) is 12.6. The Labute approximate surface area is 206 Å². The van der Waals surface area contributed by atoms with Crippen molar-refractivity contribution < 1.29 is 23.9 Å². The number of ketones is 1. The molecular weight excluding hydrogens is 428 g/mol. The van der Waals surface area contributed by atoms with Crippen molar-refractivity contribution in [2.24, 2.45) is 52.3 Å². The molecule has 0 aromatic heterocycles. The fraction of sp³-hybridized carbons (Fsp3) is 0.897. The normalized spacial score (nSPS) is 44.4. The van der Waals surface area contributed by atoms with Gasteiger partial charge in [0.2, 0.25) is 0 Å². The van der Waals surface area contributed by atoms with E-state index in [1.165, 1.54) is 26.9 Å². The molecule has 0 heterocycles. The van der Waals surface area contributed by atoms with Crippen molar-refractivity contribution in [2.45, 2.75) is 105 Å². The van der Waals surface area contributed by atoms with Crippen LogP contribution in [0.1, 0.15) is 98.8 Å². The highest BCUT2D eigenvalue weighted by Gasteiger charge is 2.65. The summed E-state index contributed by atoms with van der Waals surface area (Å²) in [6, 6.07) is 0. The Morgan fingerprint density at radius 2 is 1.71 bits per heavy atom. The molecule has 0 aliphatic heterocycles. The lowest BCUT2D eigenvalue weighted by atomic mass is 9.42. The first-order valence-corrected chi connectivity index (χ1v) is 13.8. The molecule has 0 bridgehead atoms. The number of esters is 2. The summed E-state index contributed by atoms with van der Waals surface area (Å²) in [6.07, 6.45) is 9.67. The molecule has 0 unspecified atom stereocenters. The Morgan fingerprint density at radius 3 is 2.35 bits per heavy atom. The molecule has 4 aliphatic carbocycles. The van der Waals surface area contributed by atoms with Crippen molar-refractivity contribution in [3.63, 3.8) is 0 Å². The summed E-state index contributed by atoms with van der Waals surface area (Å²) in [5, 5.41) is 0. The highest BCUT2D eigenvalue weighted by Crippen LogP contribution is 2.68. The molecule has 0 aromatic carbocycles. The van der Waals surface area contributed by atoms with E-state index in [2.05, 4.69) is 27.7 Å². The van der Waals surface area contributed by atoms with Gasteiger partial charge in [-0.3, -0.25) is 14.4 Å². The van der Waals surface area contributed by atoms with Crippen LogP contribution in [0.25, 0.3) is 0 Å². The Morgan fingerprint density at radius 1 is 1.03 bits per heavy atom. The van der Waals surface area contributed by atoms with Gasteiger partial charge in [-0.15, -0.1) is 0 Å². The molecule has 10 atom stereocenters. The van der Waals surface area contributed by atoms with Crippen LogP contribution >= 0.6 is 0 Å². The molecule has 0 aromatic rings. The summed E-state index contributed by atoms with van der Waals surface area (Å²) in [5.41, 5.74) is 0.342. The van der Waals surface area contributed by atoms with Crippen LogP contribution in [0.5, 0.6) is 0 Å². The van der Waals surface area contributed by atoms with Gasteiger partial charge in [0.25, 0.3) is 0 Å². The van der Waals surface area contributed by atoms with Crippen LogP contribution in [-0.2, 0) is 23.9 Å². The largest absolute Gasteiger partial charge is 0.469 e. The van der Waals surface area contributed by atoms with Gasteiger partial charge < -0.3 is 9.47 Å². The quantitative estimate of drug-likeness (QED) is 0.443. The molecule has 4 aliphatic rings. The van der Waals surface area contributed by atoms with Crippen LogP contribution in [0.3, 0.4) is 0 Å². The summed E-state index contributed by atoms with van der Waals surface area (Å²) in [5.74, 6) is 2.73. The average molecular weight is 475 g/mol. The van der Waals surface area contributed by atoms with Gasteiger partial charge in [-0.1, -0.05) is 27.7 Å². The number of fused-ring (bicyclic) bond motifs is 5. The van der Waals surface area contributed by atoms with Crippen LogP contribution in [0.4, 0.5) is 0 Å². The first kappa shape index (κ1) is 25.7. The van der Waals surface area contributed by atoms with Crippen molar-refractivity contribution in [2.75, 3.05) is 7.11 Å². The van der Waals surface area contributed by atoms with Gasteiger partial charge in [0.1, 0.15) is 11.9 Å². The molecule has 0 radical (unpaired) electrons. The van der Waals surface area contributed by atoms with Gasteiger partial charge in [0.05, 0.1) is 7.11 Å². The molecule has 192 valence electrons. The number of hydrogen-bond acceptors (Lipinski definition) is 5. The second-order valence-electron chi connectivity index (χ2n) is 12.6. The fourth-order valence-corrected chi connectivity index (χ4v) is 9.59. The van der Waals surface area contributed by atoms with E-state index in [4.69, 9.17) is 9.47 Å². The Balaban J connectivity index is 1.57. The van der Waals surface area contributed by atoms with Crippen molar-refractivity contribution >= 4 is 17.7 Å². The maximum Gasteiger partial charge on any atom is 0.305 e. The van der Waals surface area contributed by atoms with Gasteiger partial charge in [0, 0.05) is 25.2 Å². The van der Waals surface area contributed by atoms with Gasteiger partial charge in [-0.2, -0.15) is 0 Å². The van der Waals surface area contributed by atoms with Gasteiger partial charge in [-0.25, -0.2) is 0 Å². The molecule has 4 fully saturated rings. The minimum absolute atomic E-state index is 0.0330. The molecule has 0 spiro atoms. The van der Waals surface area contributed by atoms with E-state index in [-0.39, 0.29) is 40.7 Å². The van der Waals surface area contributed by atoms with E-state index in [0.29, 0.717) is 41.8 Å².